The second-order valence-electron chi connectivity index (χ2n) is 14.0. The summed E-state index contributed by atoms with van der Waals surface area (Å²) in [6.07, 6.45) is 8.00. The van der Waals surface area contributed by atoms with Crippen LogP contribution in [0, 0.1) is 24.6 Å². The Morgan fingerprint density at radius 2 is 0.863 bits per heavy atom. The molecule has 0 N–H and O–H groups in total. The number of hydrogen-bond donors (Lipinski definition) is 0. The van der Waals surface area contributed by atoms with Crippen molar-refractivity contribution in [2.24, 2.45) is 0 Å². The van der Waals surface area contributed by atoms with Gasteiger partial charge >= 0.3 is 28.4 Å². The Bertz CT molecular complexity index is 1530. The van der Waals surface area contributed by atoms with Gasteiger partial charge in [-0.1, -0.05) is 89.8 Å². The minimum atomic E-state index is 0.203. The zero-order valence-electron chi connectivity index (χ0n) is 31.7. The van der Waals surface area contributed by atoms with Gasteiger partial charge in [0.2, 0.25) is 0 Å². The normalized spacial score (nSPS) is 11.5. The zero-order chi connectivity index (χ0) is 37.2. The smallest absolute Gasteiger partial charge is 0.171 e. The molecule has 0 atom stereocenters. The molecule has 1 saturated carbocycles. The predicted molar refractivity (Wildman–Crippen MR) is 222 cm³/mol. The maximum Gasteiger partial charge on any atom is -0.171 e. The van der Waals surface area contributed by atoms with Crippen LogP contribution in [0.15, 0.2) is 164 Å². The zero-order valence-corrected chi connectivity index (χ0v) is 34.2. The van der Waals surface area contributed by atoms with Crippen LogP contribution in [0.25, 0.3) is 21.5 Å². The van der Waals surface area contributed by atoms with E-state index in [-0.39, 0.29) is 10.8 Å². The number of benzene rings is 5. The Labute approximate surface area is 325 Å². The van der Waals surface area contributed by atoms with E-state index in [1.807, 2.05) is 121 Å². The van der Waals surface area contributed by atoms with Crippen molar-refractivity contribution in [3.8, 4) is 0 Å². The van der Waals surface area contributed by atoms with Gasteiger partial charge in [0.25, 0.3) is 0 Å². The monoisotopic (exact) mass is 746 g/mol. The first-order chi connectivity index (χ1) is 24.7. The van der Waals surface area contributed by atoms with Crippen LogP contribution in [0.5, 0.6) is 0 Å². The molecule has 1 fully saturated rings. The van der Waals surface area contributed by atoms with Crippen molar-refractivity contribution < 1.29 is 24.2 Å². The molecular weight excluding hydrogens is 692 g/mol. The Balaban J connectivity index is 0.000000243. The minimum Gasteiger partial charge on any atom is -0.214 e. The molecule has 0 bridgehead atoms. The maximum absolute atomic E-state index is 3.34. The first kappa shape index (κ1) is 43.2. The summed E-state index contributed by atoms with van der Waals surface area (Å²) >= 11 is 1.30. The van der Waals surface area contributed by atoms with Crippen molar-refractivity contribution in [2.45, 2.75) is 78.1 Å². The molecular formula is C50H56Zr-6. The van der Waals surface area contributed by atoms with Gasteiger partial charge in [0.15, 0.2) is 0 Å². The van der Waals surface area contributed by atoms with Gasteiger partial charge in [-0.15, -0.1) is 39.7 Å². The van der Waals surface area contributed by atoms with Crippen LogP contribution in [0.4, 0.5) is 0 Å². The minimum absolute atomic E-state index is 0.203. The van der Waals surface area contributed by atoms with Gasteiger partial charge < -0.3 is 6.42 Å². The van der Waals surface area contributed by atoms with Crippen LogP contribution in [0.3, 0.4) is 0 Å². The van der Waals surface area contributed by atoms with E-state index >= 15 is 0 Å². The van der Waals surface area contributed by atoms with E-state index in [1.54, 1.807) is 0 Å². The summed E-state index contributed by atoms with van der Waals surface area (Å²) in [6.45, 7) is 13.6. The van der Waals surface area contributed by atoms with Crippen molar-refractivity contribution in [3.63, 3.8) is 0 Å². The van der Waals surface area contributed by atoms with Gasteiger partial charge in [0.1, 0.15) is 0 Å². The van der Waals surface area contributed by atoms with Crippen LogP contribution in [0.2, 0.25) is 0 Å². The van der Waals surface area contributed by atoms with Crippen LogP contribution in [-0.4, -0.2) is 4.21 Å². The number of fused-ring (bicyclic) bond motifs is 3. The summed E-state index contributed by atoms with van der Waals surface area (Å²) in [5, 5.41) is 5.48. The Morgan fingerprint density at radius 3 is 1.06 bits per heavy atom. The molecule has 0 nitrogen and oxygen atoms in total. The van der Waals surface area contributed by atoms with Gasteiger partial charge in [-0.3, -0.25) is 0 Å². The van der Waals surface area contributed by atoms with Crippen molar-refractivity contribution in [2.75, 3.05) is 0 Å². The fourth-order valence-electron chi connectivity index (χ4n) is 5.02. The van der Waals surface area contributed by atoms with Crippen LogP contribution < -0.4 is 0 Å². The molecule has 0 heterocycles. The molecule has 0 spiro atoms. The summed E-state index contributed by atoms with van der Waals surface area (Å²) in [7, 11) is 0. The van der Waals surface area contributed by atoms with E-state index in [9.17, 15) is 0 Å². The third-order valence-electron chi connectivity index (χ3n) is 7.88. The Kier molecular flexibility index (Phi) is 21.3. The van der Waals surface area contributed by atoms with E-state index in [0.29, 0.717) is 0 Å². The summed E-state index contributed by atoms with van der Waals surface area (Å²) in [5.41, 5.74) is 3.21. The molecule has 0 aliphatic heterocycles. The van der Waals surface area contributed by atoms with E-state index < -0.39 is 0 Å². The average Bonchev–Trinajstić information content (AvgIpc) is 4.00. The van der Waals surface area contributed by atoms with E-state index in [2.05, 4.69) is 113 Å². The second kappa shape index (κ2) is 25.1. The molecule has 1 aliphatic rings. The maximum atomic E-state index is 3.34. The molecule has 0 amide bonds. The predicted octanol–water partition coefficient (Wildman–Crippen LogP) is 13.9. The first-order valence-corrected chi connectivity index (χ1v) is 19.6. The van der Waals surface area contributed by atoms with Crippen LogP contribution in [0.1, 0.15) is 78.4 Å². The van der Waals surface area contributed by atoms with Crippen molar-refractivity contribution >= 4 is 25.8 Å². The quantitative estimate of drug-likeness (QED) is 0.136. The van der Waals surface area contributed by atoms with Gasteiger partial charge in [0.05, 0.1) is 0 Å². The Morgan fingerprint density at radius 1 is 0.510 bits per heavy atom. The Hall–Kier alpha value is -3.93. The molecule has 8 rings (SSSR count). The molecule has 7 aromatic carbocycles. The molecule has 0 aromatic heterocycles. The SMILES string of the molecule is CC(C)(C)c1ccc2c(c1)[cH-]c1cc(C(C)(C)C)ccc12.[CH-]1CCCC1.[CH2]=[Zr].[c-]1ccccc1.[c-]1ccccc1.[c-]1ccccc1.c1cc[cH-]c1. The van der Waals surface area contributed by atoms with Crippen molar-refractivity contribution in [1.82, 2.24) is 0 Å². The number of rotatable bonds is 0. The third kappa shape index (κ3) is 18.2. The molecule has 0 radical (unpaired) electrons. The molecule has 51 heavy (non-hydrogen) atoms. The summed E-state index contributed by atoms with van der Waals surface area (Å²) < 4.78 is 3.34. The van der Waals surface area contributed by atoms with Gasteiger partial charge in [-0.25, -0.2) is 12.1 Å². The molecule has 266 valence electrons. The summed E-state index contributed by atoms with van der Waals surface area (Å²) in [5.74, 6) is 0. The molecule has 1 aliphatic carbocycles. The molecule has 1 heteroatoms. The third-order valence-corrected chi connectivity index (χ3v) is 7.88. The van der Waals surface area contributed by atoms with Gasteiger partial charge in [0, 0.05) is 0 Å². The average molecular weight is 748 g/mol. The van der Waals surface area contributed by atoms with Crippen LogP contribution in [-0.2, 0) is 35.1 Å². The van der Waals surface area contributed by atoms with Crippen LogP contribution >= 0.6 is 0 Å². The topological polar surface area (TPSA) is 0 Å². The van der Waals surface area contributed by atoms with Gasteiger partial charge in [-0.2, -0.15) is 140 Å². The fourth-order valence-corrected chi connectivity index (χ4v) is 5.02. The van der Waals surface area contributed by atoms with Crippen molar-refractivity contribution in [3.05, 3.63) is 200 Å². The molecule has 0 unspecified atom stereocenters. The fraction of sp³-hybridized carbons (Fsp3) is 0.240. The summed E-state index contributed by atoms with van der Waals surface area (Å²) in [6, 6.07) is 63.7. The number of hydrogen-bond acceptors (Lipinski definition) is 0. The molecule has 0 saturated heterocycles. The van der Waals surface area contributed by atoms with E-state index in [0.717, 1.165) is 0 Å². The standard InChI is InChI=1S/C21H25.3C6H5.C5H9.C5H5.CH2.Zr/c1-20(2,3)16-7-9-18-14(12-16)11-15-13-17(21(4,5)6)8-10-19(15)18;3*1-2-4-6-5-3-1;2*1-2-4-5-3-1;;/h7-13H,1-6H3;3*1-5H;1H,2-5H2;1-5H;1H2;/q6*-1;;. The molecule has 7 aromatic rings. The van der Waals surface area contributed by atoms with Gasteiger partial charge in [-0.05, 0) is 10.8 Å². The van der Waals surface area contributed by atoms with E-state index in [1.165, 1.54) is 82.6 Å². The first-order valence-electron chi connectivity index (χ1n) is 17.9. The van der Waals surface area contributed by atoms with E-state index in [4.69, 9.17) is 0 Å². The van der Waals surface area contributed by atoms with Crippen molar-refractivity contribution in [1.29, 1.82) is 0 Å². The largest absolute Gasteiger partial charge is 0.214 e. The summed E-state index contributed by atoms with van der Waals surface area (Å²) in [4.78, 5) is 0. The second-order valence-corrected chi connectivity index (χ2v) is 14.0.